The lowest BCUT2D eigenvalue weighted by Crippen LogP contribution is -2.33. The number of nitrogen functional groups attached to an aromatic ring is 1. The molecule has 1 amide bonds. The fourth-order valence-corrected chi connectivity index (χ4v) is 4.93. The standard InChI is InChI=1S/C22H25N3O2S/c1-25(13-15-5-3-7-17-16(15)6-4-8-19(17)27-2)21(26)12-14-9-10-18-20(11-14)28-22(23)24-18/h4,6,8-11,15H,3,5,7,12-13H2,1-2H3,(H2,23,24)/t15-/m0/s1. The Labute approximate surface area is 169 Å². The lowest BCUT2D eigenvalue weighted by Gasteiger charge is -2.30. The second kappa shape index (κ2) is 7.80. The average molecular weight is 396 g/mol. The van der Waals surface area contributed by atoms with Gasteiger partial charge in [-0.1, -0.05) is 29.5 Å². The number of likely N-dealkylation sites (N-methyl/N-ethyl adjacent to an activating group) is 1. The molecule has 0 unspecified atom stereocenters. The molecule has 6 heteroatoms. The number of anilines is 1. The van der Waals surface area contributed by atoms with Gasteiger partial charge in [0, 0.05) is 19.5 Å². The van der Waals surface area contributed by atoms with Crippen LogP contribution in [-0.2, 0) is 17.6 Å². The molecule has 0 saturated carbocycles. The molecule has 0 spiro atoms. The number of hydrogen-bond acceptors (Lipinski definition) is 5. The van der Waals surface area contributed by atoms with Crippen LogP contribution in [0.15, 0.2) is 36.4 Å². The molecule has 5 nitrogen and oxygen atoms in total. The Balaban J connectivity index is 1.46. The first-order valence-electron chi connectivity index (χ1n) is 9.60. The van der Waals surface area contributed by atoms with Crippen LogP contribution in [0, 0.1) is 0 Å². The number of nitrogens with two attached hydrogens (primary N) is 1. The number of nitrogens with zero attached hydrogens (tertiary/aromatic N) is 2. The minimum Gasteiger partial charge on any atom is -0.496 e. The fourth-order valence-electron chi connectivity index (χ4n) is 4.13. The first-order valence-corrected chi connectivity index (χ1v) is 10.4. The minimum atomic E-state index is 0.131. The molecule has 146 valence electrons. The number of rotatable bonds is 5. The van der Waals surface area contributed by atoms with E-state index in [1.165, 1.54) is 22.5 Å². The topological polar surface area (TPSA) is 68.5 Å². The van der Waals surface area contributed by atoms with Crippen LogP contribution in [0.4, 0.5) is 5.13 Å². The highest BCUT2D eigenvalue weighted by Gasteiger charge is 2.25. The van der Waals surface area contributed by atoms with Crippen molar-refractivity contribution in [2.75, 3.05) is 26.4 Å². The zero-order chi connectivity index (χ0) is 19.7. The van der Waals surface area contributed by atoms with E-state index in [-0.39, 0.29) is 5.91 Å². The molecule has 4 rings (SSSR count). The largest absolute Gasteiger partial charge is 0.496 e. The number of aromatic nitrogens is 1. The van der Waals surface area contributed by atoms with Gasteiger partial charge in [0.05, 0.1) is 23.7 Å². The second-order valence-electron chi connectivity index (χ2n) is 7.42. The van der Waals surface area contributed by atoms with Gasteiger partial charge >= 0.3 is 0 Å². The predicted octanol–water partition coefficient (Wildman–Crippen LogP) is 4.01. The van der Waals surface area contributed by atoms with Gasteiger partial charge in [-0.2, -0.15) is 0 Å². The minimum absolute atomic E-state index is 0.131. The van der Waals surface area contributed by atoms with E-state index in [2.05, 4.69) is 11.1 Å². The van der Waals surface area contributed by atoms with E-state index in [0.717, 1.165) is 47.3 Å². The van der Waals surface area contributed by atoms with Crippen LogP contribution in [0.1, 0.15) is 35.4 Å². The van der Waals surface area contributed by atoms with Gasteiger partial charge in [-0.3, -0.25) is 4.79 Å². The molecule has 0 fully saturated rings. The number of hydrogen-bond donors (Lipinski definition) is 1. The van der Waals surface area contributed by atoms with Gasteiger partial charge in [0.15, 0.2) is 5.13 Å². The van der Waals surface area contributed by atoms with Crippen LogP contribution in [0.5, 0.6) is 5.75 Å². The van der Waals surface area contributed by atoms with Gasteiger partial charge in [-0.05, 0) is 54.2 Å². The van der Waals surface area contributed by atoms with Gasteiger partial charge in [-0.15, -0.1) is 0 Å². The zero-order valence-corrected chi connectivity index (χ0v) is 17.1. The quantitative estimate of drug-likeness (QED) is 0.709. The summed E-state index contributed by atoms with van der Waals surface area (Å²) in [4.78, 5) is 19.0. The third kappa shape index (κ3) is 3.69. The maximum atomic E-state index is 12.8. The number of thiazole rings is 1. The van der Waals surface area contributed by atoms with Crippen molar-refractivity contribution < 1.29 is 9.53 Å². The van der Waals surface area contributed by atoms with Crippen LogP contribution >= 0.6 is 11.3 Å². The molecule has 1 aliphatic carbocycles. The summed E-state index contributed by atoms with van der Waals surface area (Å²) in [5.74, 6) is 1.46. The Kier molecular flexibility index (Phi) is 5.22. The third-order valence-electron chi connectivity index (χ3n) is 5.55. The maximum Gasteiger partial charge on any atom is 0.226 e. The van der Waals surface area contributed by atoms with Gasteiger partial charge in [-0.25, -0.2) is 4.98 Å². The maximum absolute atomic E-state index is 12.8. The van der Waals surface area contributed by atoms with E-state index in [0.29, 0.717) is 17.5 Å². The highest BCUT2D eigenvalue weighted by Crippen LogP contribution is 2.37. The van der Waals surface area contributed by atoms with E-state index in [1.807, 2.05) is 42.3 Å². The van der Waals surface area contributed by atoms with Gasteiger partial charge in [0.2, 0.25) is 5.91 Å². The summed E-state index contributed by atoms with van der Waals surface area (Å²) in [5.41, 5.74) is 10.3. The van der Waals surface area contributed by atoms with E-state index < -0.39 is 0 Å². The smallest absolute Gasteiger partial charge is 0.226 e. The molecule has 0 radical (unpaired) electrons. The number of methoxy groups -OCH3 is 1. The van der Waals surface area contributed by atoms with Crippen LogP contribution in [0.3, 0.4) is 0 Å². The van der Waals surface area contributed by atoms with Crippen molar-refractivity contribution in [2.24, 2.45) is 0 Å². The highest BCUT2D eigenvalue weighted by molar-refractivity contribution is 7.22. The Morgan fingerprint density at radius 1 is 1.36 bits per heavy atom. The Hall–Kier alpha value is -2.60. The summed E-state index contributed by atoms with van der Waals surface area (Å²) in [5, 5.41) is 0.557. The van der Waals surface area contributed by atoms with E-state index in [9.17, 15) is 4.79 Å². The monoisotopic (exact) mass is 395 g/mol. The zero-order valence-electron chi connectivity index (χ0n) is 16.3. The summed E-state index contributed by atoms with van der Waals surface area (Å²) >= 11 is 1.46. The van der Waals surface area contributed by atoms with Gasteiger partial charge in [0.1, 0.15) is 5.75 Å². The van der Waals surface area contributed by atoms with Crippen molar-refractivity contribution in [3.05, 3.63) is 53.1 Å². The number of ether oxygens (including phenoxy) is 1. The van der Waals surface area contributed by atoms with Crippen molar-refractivity contribution in [3.8, 4) is 5.75 Å². The fraction of sp³-hybridized carbons (Fsp3) is 0.364. The molecule has 1 heterocycles. The molecule has 28 heavy (non-hydrogen) atoms. The third-order valence-corrected chi connectivity index (χ3v) is 6.40. The second-order valence-corrected chi connectivity index (χ2v) is 8.48. The Bertz CT molecular complexity index is 1010. The molecule has 0 bridgehead atoms. The summed E-state index contributed by atoms with van der Waals surface area (Å²) < 4.78 is 6.56. The Morgan fingerprint density at radius 2 is 2.21 bits per heavy atom. The normalized spacial score (nSPS) is 16.0. The highest BCUT2D eigenvalue weighted by atomic mass is 32.1. The van der Waals surface area contributed by atoms with E-state index in [1.54, 1.807) is 7.11 Å². The molecule has 0 saturated heterocycles. The first-order chi connectivity index (χ1) is 13.5. The molecule has 0 aliphatic heterocycles. The van der Waals surface area contributed by atoms with E-state index >= 15 is 0 Å². The van der Waals surface area contributed by atoms with Crippen molar-refractivity contribution in [2.45, 2.75) is 31.6 Å². The van der Waals surface area contributed by atoms with Gasteiger partial charge < -0.3 is 15.4 Å². The van der Waals surface area contributed by atoms with Gasteiger partial charge in [0.25, 0.3) is 0 Å². The first kappa shape index (κ1) is 18.7. The SMILES string of the molecule is COc1cccc2c1CCC[C@H]2CN(C)C(=O)Cc1ccc2nc(N)sc2c1. The van der Waals surface area contributed by atoms with Crippen LogP contribution in [0.25, 0.3) is 10.2 Å². The molecule has 3 aromatic rings. The molecule has 1 atom stereocenters. The Morgan fingerprint density at radius 3 is 3.04 bits per heavy atom. The van der Waals surface area contributed by atoms with Crippen LogP contribution < -0.4 is 10.5 Å². The summed E-state index contributed by atoms with van der Waals surface area (Å²) in [6, 6.07) is 12.2. The number of fused-ring (bicyclic) bond motifs is 2. The van der Waals surface area contributed by atoms with Crippen molar-refractivity contribution in [1.82, 2.24) is 9.88 Å². The lowest BCUT2D eigenvalue weighted by molar-refractivity contribution is -0.129. The lowest BCUT2D eigenvalue weighted by atomic mass is 9.82. The summed E-state index contributed by atoms with van der Waals surface area (Å²) in [6.07, 6.45) is 3.67. The van der Waals surface area contributed by atoms with Crippen molar-refractivity contribution in [3.63, 3.8) is 0 Å². The van der Waals surface area contributed by atoms with Crippen LogP contribution in [0.2, 0.25) is 0 Å². The summed E-state index contributed by atoms with van der Waals surface area (Å²) in [7, 11) is 3.63. The number of carbonyl (C=O) groups excluding carboxylic acids is 1. The number of benzene rings is 2. The molecule has 1 aliphatic rings. The predicted molar refractivity (Wildman–Crippen MR) is 114 cm³/mol. The summed E-state index contributed by atoms with van der Waals surface area (Å²) in [6.45, 7) is 0.731. The average Bonchev–Trinajstić information content (AvgIpc) is 3.07. The van der Waals surface area contributed by atoms with Crippen molar-refractivity contribution in [1.29, 1.82) is 0 Å². The number of amides is 1. The van der Waals surface area contributed by atoms with Crippen LogP contribution in [-0.4, -0.2) is 36.5 Å². The van der Waals surface area contributed by atoms with E-state index in [4.69, 9.17) is 10.5 Å². The number of carbonyl (C=O) groups is 1. The molecule has 1 aromatic heterocycles. The molecular weight excluding hydrogens is 370 g/mol. The molecular formula is C22H25N3O2S. The molecule has 2 aromatic carbocycles. The van der Waals surface area contributed by atoms with Crippen molar-refractivity contribution >= 4 is 32.6 Å². The molecule has 2 N–H and O–H groups in total.